The van der Waals surface area contributed by atoms with Gasteiger partial charge in [0.15, 0.2) is 0 Å². The van der Waals surface area contributed by atoms with E-state index in [-0.39, 0.29) is 0 Å². The molecule has 2 aliphatic carbocycles. The second kappa shape index (κ2) is 17.4. The molecule has 2 heteroatoms. The van der Waals surface area contributed by atoms with E-state index in [1.54, 1.807) is 3.58 Å². The van der Waals surface area contributed by atoms with Crippen LogP contribution >= 0.6 is 19.8 Å². The van der Waals surface area contributed by atoms with Crippen LogP contribution in [-0.2, 0) is 0 Å². The molecule has 290 valence electrons. The van der Waals surface area contributed by atoms with Gasteiger partial charge >= 0.3 is 245 Å². The van der Waals surface area contributed by atoms with Gasteiger partial charge in [0, 0.05) is 0 Å². The summed E-state index contributed by atoms with van der Waals surface area (Å²) in [6.45, 7) is 0. The number of hydrogen-bond acceptors (Lipinski definition) is 1. The van der Waals surface area contributed by atoms with Gasteiger partial charge in [-0.2, -0.15) is 0 Å². The minimum absolute atomic E-state index is 0.968. The van der Waals surface area contributed by atoms with E-state index < -0.39 is 19.8 Å². The topological polar surface area (TPSA) is 3.24 Å². The van der Waals surface area contributed by atoms with E-state index >= 15 is 0 Å². The number of halogens is 1. The van der Waals surface area contributed by atoms with Gasteiger partial charge in [-0.15, -0.1) is 0 Å². The van der Waals surface area contributed by atoms with E-state index in [2.05, 4.69) is 235 Å². The first-order valence-electron chi connectivity index (χ1n) is 21.0. The zero-order valence-electron chi connectivity index (χ0n) is 33.6. The van der Waals surface area contributed by atoms with Crippen molar-refractivity contribution in [3.05, 3.63) is 258 Å². The molecular formula is C58H46IN. The molecule has 10 rings (SSSR count). The number of benzene rings is 8. The Morgan fingerprint density at radius 1 is 0.350 bits per heavy atom. The number of fused-ring (bicyclic) bond motifs is 2. The summed E-state index contributed by atoms with van der Waals surface area (Å²) in [7, 11) is 0. The first-order valence-corrected chi connectivity index (χ1v) is 24.2. The Balaban J connectivity index is 0.918. The minimum atomic E-state index is -1.90. The van der Waals surface area contributed by atoms with Crippen LogP contribution in [0, 0.1) is 7.14 Å². The van der Waals surface area contributed by atoms with E-state index in [4.69, 9.17) is 0 Å². The summed E-state index contributed by atoms with van der Waals surface area (Å²) in [6.07, 6.45) is 18.4. The van der Waals surface area contributed by atoms with Crippen molar-refractivity contribution in [1.82, 2.24) is 0 Å². The fraction of sp³-hybridized carbons (Fsp3) is 0.0690. The molecule has 60 heavy (non-hydrogen) atoms. The third kappa shape index (κ3) is 8.21. The van der Waals surface area contributed by atoms with Crippen molar-refractivity contribution in [2.75, 3.05) is 4.90 Å². The molecule has 0 saturated heterocycles. The first-order chi connectivity index (χ1) is 29.7. The van der Waals surface area contributed by atoms with Crippen LogP contribution in [0.1, 0.15) is 25.7 Å². The van der Waals surface area contributed by atoms with Crippen LogP contribution in [0.5, 0.6) is 0 Å². The molecule has 0 saturated carbocycles. The second-order valence-corrected chi connectivity index (χ2v) is 21.0. The van der Waals surface area contributed by atoms with Gasteiger partial charge in [-0.1, -0.05) is 72.8 Å². The van der Waals surface area contributed by atoms with Gasteiger partial charge < -0.3 is 0 Å². The molecule has 0 heterocycles. The molecular weight excluding hydrogens is 838 g/mol. The van der Waals surface area contributed by atoms with Crippen LogP contribution in [0.15, 0.2) is 251 Å². The van der Waals surface area contributed by atoms with E-state index in [1.807, 2.05) is 0 Å². The number of anilines is 2. The third-order valence-electron chi connectivity index (χ3n) is 11.7. The molecule has 0 spiro atoms. The maximum absolute atomic E-state index is 2.46. The number of nitrogens with zero attached hydrogens (tertiary/aromatic N) is 1. The Morgan fingerprint density at radius 2 is 0.833 bits per heavy atom. The average Bonchev–Trinajstić information content (AvgIpc) is 3.33. The Morgan fingerprint density at radius 3 is 1.42 bits per heavy atom. The second-order valence-electron chi connectivity index (χ2n) is 15.5. The van der Waals surface area contributed by atoms with E-state index in [9.17, 15) is 0 Å². The molecule has 0 bridgehead atoms. The molecule has 0 N–H and O–H groups in total. The Labute approximate surface area is 361 Å². The van der Waals surface area contributed by atoms with Crippen LogP contribution in [0.25, 0.3) is 43.8 Å². The fourth-order valence-electron chi connectivity index (χ4n) is 8.42. The maximum atomic E-state index is 2.46. The predicted octanol–water partition coefficient (Wildman–Crippen LogP) is 16.5. The van der Waals surface area contributed by atoms with Gasteiger partial charge in [0.1, 0.15) is 0 Å². The summed E-state index contributed by atoms with van der Waals surface area (Å²) in [5, 5.41) is 5.14. The molecule has 0 aliphatic heterocycles. The molecule has 1 nitrogen and oxygen atoms in total. The summed E-state index contributed by atoms with van der Waals surface area (Å²) in [5.74, 6) is 0. The van der Waals surface area contributed by atoms with Crippen LogP contribution in [0.3, 0.4) is 0 Å². The number of rotatable bonds is 10. The van der Waals surface area contributed by atoms with Crippen molar-refractivity contribution in [2.24, 2.45) is 0 Å². The van der Waals surface area contributed by atoms with Crippen LogP contribution in [-0.4, -0.2) is 0 Å². The van der Waals surface area contributed by atoms with Gasteiger partial charge in [0.2, 0.25) is 0 Å². The van der Waals surface area contributed by atoms with E-state index in [0.717, 1.165) is 25.7 Å². The SMILES string of the molecule is C1=C(/C=C/C2=CC=C(I(c3ccc(-c4ccccc4)cc3)c3ccc4ccccc4c3)CC2)CCC(N(c2ccc(-c3ccccc3)cc2)c2ccc3ccccc3c2)=C1. The molecule has 0 amide bonds. The molecule has 8 aromatic carbocycles. The first kappa shape index (κ1) is 37.8. The molecule has 0 atom stereocenters. The average molecular weight is 884 g/mol. The summed E-state index contributed by atoms with van der Waals surface area (Å²) < 4.78 is 4.62. The molecule has 8 aromatic rings. The van der Waals surface area contributed by atoms with E-state index in [1.165, 1.54) is 79.2 Å². The zero-order valence-corrected chi connectivity index (χ0v) is 35.8. The standard InChI is InChI=1S/C58H46IN/c1-3-11-45(12-4-1)49-25-33-54(34-26-49)59(55-35-27-47-15-7-9-17-51(47)41-55)53-31-21-43(22-32-53)19-20-44-23-36-56(37-24-44)60(58-40-30-48-16-8-10-18-52(48)42-58)57-38-28-50(29-39-57)46-13-5-2-6-14-46/h1-21,23,25-31,33-36,38-42H,22,24,32,37H2/b20-19+. The monoisotopic (exact) mass is 883 g/mol. The van der Waals surface area contributed by atoms with Crippen molar-refractivity contribution >= 4 is 52.7 Å². The van der Waals surface area contributed by atoms with Crippen molar-refractivity contribution in [1.29, 1.82) is 0 Å². The Bertz CT molecular complexity index is 2750. The molecule has 2 aliphatic rings. The normalized spacial score (nSPS) is 14.4. The van der Waals surface area contributed by atoms with Crippen LogP contribution in [0.4, 0.5) is 11.4 Å². The Hall–Kier alpha value is -6.49. The summed E-state index contributed by atoms with van der Waals surface area (Å²) >= 11 is -1.90. The number of hydrogen-bond donors (Lipinski definition) is 0. The fourth-order valence-corrected chi connectivity index (χ4v) is 14.4. The van der Waals surface area contributed by atoms with Crippen molar-refractivity contribution in [3.63, 3.8) is 0 Å². The Kier molecular flexibility index (Phi) is 10.9. The van der Waals surface area contributed by atoms with Gasteiger partial charge in [-0.3, -0.25) is 0 Å². The van der Waals surface area contributed by atoms with Gasteiger partial charge in [0.05, 0.1) is 0 Å². The summed E-state index contributed by atoms with van der Waals surface area (Å²) in [4.78, 5) is 2.44. The quantitative estimate of drug-likeness (QED) is 0.124. The van der Waals surface area contributed by atoms with Crippen molar-refractivity contribution in [3.8, 4) is 22.3 Å². The number of allylic oxidation sites excluding steroid dienone is 10. The van der Waals surface area contributed by atoms with Gasteiger partial charge in [0.25, 0.3) is 0 Å². The summed E-state index contributed by atoms with van der Waals surface area (Å²) in [5.41, 5.74) is 11.4. The molecule has 0 aromatic heterocycles. The van der Waals surface area contributed by atoms with Crippen LogP contribution in [0.2, 0.25) is 0 Å². The van der Waals surface area contributed by atoms with Crippen molar-refractivity contribution in [2.45, 2.75) is 25.7 Å². The summed E-state index contributed by atoms with van der Waals surface area (Å²) in [6, 6.07) is 71.3. The van der Waals surface area contributed by atoms with E-state index in [0.29, 0.717) is 0 Å². The predicted molar refractivity (Wildman–Crippen MR) is 265 cm³/mol. The third-order valence-corrected chi connectivity index (χ3v) is 17.8. The molecule has 0 fully saturated rings. The molecule has 0 unspecified atom stereocenters. The van der Waals surface area contributed by atoms with Gasteiger partial charge in [-0.25, -0.2) is 0 Å². The van der Waals surface area contributed by atoms with Gasteiger partial charge in [-0.05, 0) is 46.2 Å². The van der Waals surface area contributed by atoms with Crippen LogP contribution < -0.4 is 4.90 Å². The zero-order chi connectivity index (χ0) is 40.1. The van der Waals surface area contributed by atoms with Crippen molar-refractivity contribution < 1.29 is 0 Å². The molecule has 0 radical (unpaired) electrons.